The highest BCUT2D eigenvalue weighted by Crippen LogP contribution is 2.38. The number of fused-ring (bicyclic) bond motifs is 1. The first-order valence-corrected chi connectivity index (χ1v) is 15.0. The number of hydrogen-bond donors (Lipinski definition) is 0. The van der Waals surface area contributed by atoms with Gasteiger partial charge in [-0.05, 0) is 104 Å². The largest absolute Gasteiger partial charge is 0.311 e. The Labute approximate surface area is 294 Å². The maximum absolute atomic E-state index is 9.30. The first-order chi connectivity index (χ1) is 28.7. The molecule has 1 nitrogen and oxygen atoms in total. The quantitative estimate of drug-likeness (QED) is 0.173. The maximum atomic E-state index is 9.30. The van der Waals surface area contributed by atoms with Crippen molar-refractivity contribution < 1.29 is 17.8 Å². The second kappa shape index (κ2) is 12.7. The molecule has 0 aliphatic carbocycles. The van der Waals surface area contributed by atoms with Crippen LogP contribution in [0.5, 0.6) is 0 Å². The van der Waals surface area contributed by atoms with Crippen molar-refractivity contribution in [2.45, 2.75) is 0 Å². The van der Waals surface area contributed by atoms with E-state index in [9.17, 15) is 5.48 Å². The summed E-state index contributed by atoms with van der Waals surface area (Å²) in [6.45, 7) is 0. The Hall–Kier alpha value is -6.18. The molecule has 222 valence electrons. The van der Waals surface area contributed by atoms with Gasteiger partial charge >= 0.3 is 0 Å². The molecule has 0 radical (unpaired) electrons. The lowest BCUT2D eigenvalue weighted by Crippen LogP contribution is -2.09. The Morgan fingerprint density at radius 1 is 0.298 bits per heavy atom. The molecule has 0 fully saturated rings. The van der Waals surface area contributed by atoms with Crippen molar-refractivity contribution in [2.75, 3.05) is 4.90 Å². The lowest BCUT2D eigenvalue weighted by molar-refractivity contribution is 1.28. The number of hydrogen-bond acceptors (Lipinski definition) is 1. The summed E-state index contributed by atoms with van der Waals surface area (Å²) in [5.74, 6) is 0. The fourth-order valence-corrected chi connectivity index (χ4v) is 5.50. The van der Waals surface area contributed by atoms with Crippen molar-refractivity contribution in [2.24, 2.45) is 0 Å². The summed E-state index contributed by atoms with van der Waals surface area (Å²) in [6, 6.07) is 29.4. The van der Waals surface area contributed by atoms with E-state index in [1.165, 1.54) is 0 Å². The molecule has 8 aromatic rings. The highest BCUT2D eigenvalue weighted by atomic mass is 15.1. The van der Waals surface area contributed by atoms with E-state index in [2.05, 4.69) is 30.3 Å². The van der Waals surface area contributed by atoms with Crippen LogP contribution < -0.4 is 4.90 Å². The lowest BCUT2D eigenvalue weighted by Gasteiger charge is -2.26. The fourth-order valence-electron chi connectivity index (χ4n) is 5.50. The van der Waals surface area contributed by atoms with Crippen molar-refractivity contribution in [1.82, 2.24) is 0 Å². The molecule has 0 unspecified atom stereocenters. The Kier molecular flexibility index (Phi) is 4.72. The predicted molar refractivity (Wildman–Crippen MR) is 200 cm³/mol. The average Bonchev–Trinajstić information content (AvgIpc) is 3.27. The zero-order chi connectivity index (χ0) is 42.7. The molecule has 0 N–H and O–H groups in total. The van der Waals surface area contributed by atoms with Crippen LogP contribution in [0.15, 0.2) is 200 Å². The highest BCUT2D eigenvalue weighted by molar-refractivity contribution is 5.88. The Bertz CT molecular complexity index is 2940. The van der Waals surface area contributed by atoms with E-state index in [0.29, 0.717) is 5.56 Å². The molecule has 8 rings (SSSR count). The minimum absolute atomic E-state index is 0.0343. The monoisotopic (exact) mass is 612 g/mol. The van der Waals surface area contributed by atoms with Crippen molar-refractivity contribution in [3.8, 4) is 44.5 Å². The molecule has 0 saturated carbocycles. The highest BCUT2D eigenvalue weighted by Gasteiger charge is 2.14. The van der Waals surface area contributed by atoms with Crippen molar-refractivity contribution in [3.05, 3.63) is 200 Å². The standard InChI is InChI=1S/C46H33N/c1-3-10-34(11-4-1)37-20-26-44(27-21-37)47(45-28-22-38(23-29-45)35-12-5-2-6-13-35)46-30-24-39(25-31-46)41-16-9-17-42(32-41)43-19-18-36-14-7-8-15-40(36)33-43/h1-33H/i1D,3D,4D,10D,11D,20D,21D,22D,23D,26D,27D,28D,29D. The van der Waals surface area contributed by atoms with Crippen LogP contribution in [0.1, 0.15) is 17.8 Å². The van der Waals surface area contributed by atoms with Crippen molar-refractivity contribution in [3.63, 3.8) is 0 Å². The van der Waals surface area contributed by atoms with Gasteiger partial charge in [-0.3, -0.25) is 0 Å². The van der Waals surface area contributed by atoms with Gasteiger partial charge in [0, 0.05) is 17.1 Å². The fraction of sp³-hybridized carbons (Fsp3) is 0. The summed E-state index contributed by atoms with van der Waals surface area (Å²) in [6.07, 6.45) is 0. The third-order valence-corrected chi connectivity index (χ3v) is 7.89. The number of rotatable bonds is 7. The topological polar surface area (TPSA) is 3.24 Å². The molecule has 0 spiro atoms. The van der Waals surface area contributed by atoms with Crippen LogP contribution in [-0.2, 0) is 0 Å². The Morgan fingerprint density at radius 3 is 1.47 bits per heavy atom. The van der Waals surface area contributed by atoms with Crippen LogP contribution in [0, 0.1) is 0 Å². The molecule has 0 aliphatic heterocycles. The molecular weight excluding hydrogens is 567 g/mol. The first kappa shape index (κ1) is 17.5. The van der Waals surface area contributed by atoms with E-state index in [4.69, 9.17) is 12.3 Å². The third-order valence-electron chi connectivity index (χ3n) is 7.89. The summed E-state index contributed by atoms with van der Waals surface area (Å²) in [5.41, 5.74) is 2.50. The van der Waals surface area contributed by atoms with Gasteiger partial charge in [0.1, 0.15) is 0 Å². The Balaban J connectivity index is 1.33. The van der Waals surface area contributed by atoms with Crippen LogP contribution in [0.4, 0.5) is 17.1 Å². The lowest BCUT2D eigenvalue weighted by atomic mass is 9.97. The van der Waals surface area contributed by atoms with Gasteiger partial charge in [-0.25, -0.2) is 0 Å². The molecule has 0 saturated heterocycles. The number of benzene rings is 8. The normalized spacial score (nSPS) is 14.9. The maximum Gasteiger partial charge on any atom is 0.0645 e. The van der Waals surface area contributed by atoms with Crippen LogP contribution in [0.25, 0.3) is 55.3 Å². The number of anilines is 3. The first-order valence-electron chi connectivity index (χ1n) is 21.5. The molecule has 0 aromatic heterocycles. The molecule has 1 heteroatoms. The van der Waals surface area contributed by atoms with E-state index in [0.717, 1.165) is 37.9 Å². The Morgan fingerprint density at radius 2 is 0.787 bits per heavy atom. The van der Waals surface area contributed by atoms with Gasteiger partial charge in [0.15, 0.2) is 0 Å². The van der Waals surface area contributed by atoms with Gasteiger partial charge in [-0.1, -0.05) is 151 Å². The predicted octanol–water partition coefficient (Wildman–Crippen LogP) is 13.0. The van der Waals surface area contributed by atoms with Crippen LogP contribution in [0.3, 0.4) is 0 Å². The number of nitrogens with zero attached hydrogens (tertiary/aromatic N) is 1. The minimum atomic E-state index is -0.729. The van der Waals surface area contributed by atoms with Crippen molar-refractivity contribution >= 4 is 27.8 Å². The molecule has 0 amide bonds. The van der Waals surface area contributed by atoms with E-state index in [1.54, 1.807) is 54.6 Å². The zero-order valence-corrected chi connectivity index (χ0v) is 25.0. The summed E-state index contributed by atoms with van der Waals surface area (Å²) in [5, 5.41) is 2.23. The summed E-state index contributed by atoms with van der Waals surface area (Å²) < 4.78 is 115. The van der Waals surface area contributed by atoms with Gasteiger partial charge in [0.2, 0.25) is 0 Å². The summed E-state index contributed by atoms with van der Waals surface area (Å²) in [7, 11) is 0. The molecular formula is C46H33N. The van der Waals surface area contributed by atoms with E-state index in [1.807, 2.05) is 36.4 Å². The molecule has 0 heterocycles. The second-order valence-electron chi connectivity index (χ2n) is 10.8. The van der Waals surface area contributed by atoms with Gasteiger partial charge in [-0.2, -0.15) is 0 Å². The van der Waals surface area contributed by atoms with E-state index < -0.39 is 95.4 Å². The second-order valence-corrected chi connectivity index (χ2v) is 10.8. The summed E-state index contributed by atoms with van der Waals surface area (Å²) in [4.78, 5) is 1.16. The smallest absolute Gasteiger partial charge is 0.0645 e. The van der Waals surface area contributed by atoms with E-state index in [-0.39, 0.29) is 16.9 Å². The SMILES string of the molecule is [2H]c1c([2H])c([2H])c(-c2c([2H])c([2H])c(N(c3ccc(-c4cccc(-c5ccc6ccccc6c5)c4)cc3)c3c([2H])c([2H])c(-c4ccccc4)c([2H])c3[2H])c([2H])c2[2H])c([2H])c1[2H]. The molecule has 0 aliphatic rings. The third kappa shape index (κ3) is 5.95. The molecule has 0 atom stereocenters. The average molecular weight is 613 g/mol. The van der Waals surface area contributed by atoms with Gasteiger partial charge in [-0.15, -0.1) is 0 Å². The van der Waals surface area contributed by atoms with Gasteiger partial charge in [0.25, 0.3) is 0 Å². The summed E-state index contributed by atoms with van der Waals surface area (Å²) >= 11 is 0. The molecule has 8 aromatic carbocycles. The zero-order valence-electron chi connectivity index (χ0n) is 38.0. The van der Waals surface area contributed by atoms with Gasteiger partial charge < -0.3 is 4.90 Å². The van der Waals surface area contributed by atoms with Crippen molar-refractivity contribution in [1.29, 1.82) is 0 Å². The van der Waals surface area contributed by atoms with E-state index >= 15 is 0 Å². The van der Waals surface area contributed by atoms with Crippen LogP contribution >= 0.6 is 0 Å². The molecule has 0 bridgehead atoms. The minimum Gasteiger partial charge on any atom is -0.311 e. The van der Waals surface area contributed by atoms with Crippen LogP contribution in [-0.4, -0.2) is 0 Å². The molecule has 47 heavy (non-hydrogen) atoms. The van der Waals surface area contributed by atoms with Gasteiger partial charge in [0.05, 0.1) is 17.8 Å². The van der Waals surface area contributed by atoms with Crippen LogP contribution in [0.2, 0.25) is 0 Å².